The molecule has 1 atom stereocenters. The van der Waals surface area contributed by atoms with Gasteiger partial charge in [0, 0.05) is 44.2 Å². The summed E-state index contributed by atoms with van der Waals surface area (Å²) in [5, 5.41) is 9.18. The Hall–Kier alpha value is -1.33. The third kappa shape index (κ3) is 3.34. The zero-order chi connectivity index (χ0) is 13.0. The molecule has 0 saturated carbocycles. The second-order valence-electron chi connectivity index (χ2n) is 4.99. The van der Waals surface area contributed by atoms with E-state index in [1.807, 2.05) is 0 Å². The number of aliphatic hydroxyl groups is 1. The highest BCUT2D eigenvalue weighted by Crippen LogP contribution is 2.15. The first-order valence-corrected chi connectivity index (χ1v) is 6.48. The Bertz CT molecular complexity index is 444. The van der Waals surface area contributed by atoms with E-state index in [2.05, 4.69) is 4.90 Å². The molecule has 2 rings (SSSR count). The molecule has 0 amide bonds. The van der Waals surface area contributed by atoms with E-state index >= 15 is 0 Å². The summed E-state index contributed by atoms with van der Waals surface area (Å²) in [5.41, 5.74) is 6.27. The van der Waals surface area contributed by atoms with Crippen LogP contribution in [0.1, 0.15) is 12.8 Å². The molecule has 18 heavy (non-hydrogen) atoms. The Morgan fingerprint density at radius 2 is 2.22 bits per heavy atom. The minimum Gasteiger partial charge on any atom is -0.398 e. The number of nitrogen functional groups attached to an aromatic ring is 1. The minimum atomic E-state index is -0.0140. The van der Waals surface area contributed by atoms with Crippen LogP contribution >= 0.6 is 0 Å². The molecular formula is C13H21N3O2. The van der Waals surface area contributed by atoms with E-state index in [0.717, 1.165) is 32.5 Å². The van der Waals surface area contributed by atoms with Crippen LogP contribution in [-0.2, 0) is 6.54 Å². The summed E-state index contributed by atoms with van der Waals surface area (Å²) in [6.45, 7) is 3.72. The molecule has 100 valence electrons. The van der Waals surface area contributed by atoms with Gasteiger partial charge in [0.25, 0.3) is 5.56 Å². The number of aliphatic hydroxyl groups excluding tert-OH is 1. The molecule has 0 bridgehead atoms. The van der Waals surface area contributed by atoms with E-state index < -0.39 is 0 Å². The van der Waals surface area contributed by atoms with Gasteiger partial charge in [-0.2, -0.15) is 0 Å². The zero-order valence-electron chi connectivity index (χ0n) is 10.6. The Morgan fingerprint density at radius 1 is 1.39 bits per heavy atom. The summed E-state index contributed by atoms with van der Waals surface area (Å²) in [5.74, 6) is 0.385. The highest BCUT2D eigenvalue weighted by atomic mass is 16.3. The quantitative estimate of drug-likeness (QED) is 0.798. The standard InChI is InChI=1S/C13H21N3O2/c14-12-3-4-13(18)16(9-12)7-6-15-5-1-2-11(8-15)10-17/h3-4,9,11,17H,1-2,5-8,10,14H2. The highest BCUT2D eigenvalue weighted by Gasteiger charge is 2.18. The lowest BCUT2D eigenvalue weighted by molar-refractivity contribution is 0.117. The minimum absolute atomic E-state index is 0.0140. The van der Waals surface area contributed by atoms with Gasteiger partial charge < -0.3 is 20.3 Å². The molecule has 1 aromatic rings. The lowest BCUT2D eigenvalue weighted by atomic mass is 9.99. The van der Waals surface area contributed by atoms with Gasteiger partial charge in [0.2, 0.25) is 0 Å². The van der Waals surface area contributed by atoms with Crippen LogP contribution in [0, 0.1) is 5.92 Å². The van der Waals surface area contributed by atoms with Crippen LogP contribution in [-0.4, -0.2) is 40.8 Å². The van der Waals surface area contributed by atoms with E-state index in [9.17, 15) is 9.90 Å². The zero-order valence-corrected chi connectivity index (χ0v) is 10.6. The number of nitrogens with zero attached hydrogens (tertiary/aromatic N) is 2. The van der Waals surface area contributed by atoms with Crippen LogP contribution in [0.2, 0.25) is 0 Å². The van der Waals surface area contributed by atoms with Gasteiger partial charge in [0.05, 0.1) is 0 Å². The summed E-state index contributed by atoms with van der Waals surface area (Å²) < 4.78 is 1.65. The predicted molar refractivity (Wildman–Crippen MR) is 71.4 cm³/mol. The summed E-state index contributed by atoms with van der Waals surface area (Å²) in [7, 11) is 0. The van der Waals surface area contributed by atoms with Crippen molar-refractivity contribution in [2.75, 3.05) is 32.0 Å². The predicted octanol–water partition coefficient (Wildman–Crippen LogP) is 0.135. The molecule has 5 heteroatoms. The summed E-state index contributed by atoms with van der Waals surface area (Å²) in [6.07, 6.45) is 3.91. The first-order valence-electron chi connectivity index (χ1n) is 6.48. The third-order valence-corrected chi connectivity index (χ3v) is 3.52. The Kier molecular flexibility index (Phi) is 4.38. The Labute approximate surface area is 107 Å². The van der Waals surface area contributed by atoms with E-state index in [-0.39, 0.29) is 12.2 Å². The van der Waals surface area contributed by atoms with Gasteiger partial charge in [-0.1, -0.05) is 0 Å². The third-order valence-electron chi connectivity index (χ3n) is 3.52. The van der Waals surface area contributed by atoms with Crippen LogP contribution in [0.25, 0.3) is 0 Å². The molecule has 0 radical (unpaired) electrons. The van der Waals surface area contributed by atoms with Crippen molar-refractivity contribution in [1.82, 2.24) is 9.47 Å². The highest BCUT2D eigenvalue weighted by molar-refractivity contribution is 5.33. The van der Waals surface area contributed by atoms with Gasteiger partial charge in [-0.05, 0) is 31.4 Å². The Morgan fingerprint density at radius 3 is 3.00 bits per heavy atom. The van der Waals surface area contributed by atoms with Crippen molar-refractivity contribution < 1.29 is 5.11 Å². The van der Waals surface area contributed by atoms with Crippen LogP contribution in [0.3, 0.4) is 0 Å². The summed E-state index contributed by atoms with van der Waals surface area (Å²) >= 11 is 0. The number of anilines is 1. The first kappa shape index (κ1) is 13.1. The molecule has 0 spiro atoms. The number of rotatable bonds is 4. The molecule has 0 aromatic carbocycles. The lowest BCUT2D eigenvalue weighted by Gasteiger charge is -2.31. The van der Waals surface area contributed by atoms with Crippen LogP contribution in [0.5, 0.6) is 0 Å². The van der Waals surface area contributed by atoms with Crippen molar-refractivity contribution in [2.45, 2.75) is 19.4 Å². The van der Waals surface area contributed by atoms with Crippen LogP contribution in [0.4, 0.5) is 5.69 Å². The lowest BCUT2D eigenvalue weighted by Crippen LogP contribution is -2.39. The van der Waals surface area contributed by atoms with E-state index in [1.54, 1.807) is 16.8 Å². The molecule has 1 unspecified atom stereocenters. The Balaban J connectivity index is 1.91. The van der Waals surface area contributed by atoms with Gasteiger partial charge >= 0.3 is 0 Å². The molecule has 1 aliphatic rings. The van der Waals surface area contributed by atoms with Gasteiger partial charge in [0.15, 0.2) is 0 Å². The fraction of sp³-hybridized carbons (Fsp3) is 0.615. The van der Waals surface area contributed by atoms with Gasteiger partial charge in [0.1, 0.15) is 0 Å². The smallest absolute Gasteiger partial charge is 0.250 e. The summed E-state index contributed by atoms with van der Waals surface area (Å²) in [6, 6.07) is 3.13. The monoisotopic (exact) mass is 251 g/mol. The van der Waals surface area contributed by atoms with Crippen LogP contribution < -0.4 is 11.3 Å². The fourth-order valence-electron chi connectivity index (χ4n) is 2.48. The SMILES string of the molecule is Nc1ccc(=O)n(CCN2CCCC(CO)C2)c1. The topological polar surface area (TPSA) is 71.5 Å². The van der Waals surface area contributed by atoms with E-state index in [4.69, 9.17) is 5.73 Å². The molecular weight excluding hydrogens is 230 g/mol. The molecule has 0 aliphatic carbocycles. The van der Waals surface area contributed by atoms with E-state index in [0.29, 0.717) is 18.2 Å². The molecule has 5 nitrogen and oxygen atoms in total. The average molecular weight is 251 g/mol. The maximum atomic E-state index is 11.6. The molecule has 1 aromatic heterocycles. The molecule has 2 heterocycles. The van der Waals surface area contributed by atoms with Crippen molar-refractivity contribution in [3.63, 3.8) is 0 Å². The number of aromatic nitrogens is 1. The molecule has 3 N–H and O–H groups in total. The molecule has 1 fully saturated rings. The number of nitrogens with two attached hydrogens (primary N) is 1. The van der Waals surface area contributed by atoms with Crippen molar-refractivity contribution in [1.29, 1.82) is 0 Å². The maximum Gasteiger partial charge on any atom is 0.250 e. The number of piperidine rings is 1. The van der Waals surface area contributed by atoms with Crippen molar-refractivity contribution in [2.24, 2.45) is 5.92 Å². The first-order chi connectivity index (χ1) is 8.69. The number of likely N-dealkylation sites (tertiary alicyclic amines) is 1. The number of pyridine rings is 1. The molecule has 1 aliphatic heterocycles. The maximum absolute atomic E-state index is 11.6. The van der Waals surface area contributed by atoms with Gasteiger partial charge in [-0.25, -0.2) is 0 Å². The van der Waals surface area contributed by atoms with Crippen molar-refractivity contribution >= 4 is 5.69 Å². The van der Waals surface area contributed by atoms with Gasteiger partial charge in [-0.3, -0.25) is 4.79 Å². The van der Waals surface area contributed by atoms with Crippen molar-refractivity contribution in [3.8, 4) is 0 Å². The van der Waals surface area contributed by atoms with Gasteiger partial charge in [-0.15, -0.1) is 0 Å². The largest absolute Gasteiger partial charge is 0.398 e. The normalized spacial score (nSPS) is 21.1. The average Bonchev–Trinajstić information content (AvgIpc) is 2.40. The fourth-order valence-corrected chi connectivity index (χ4v) is 2.48. The number of hydrogen-bond acceptors (Lipinski definition) is 4. The van der Waals surface area contributed by atoms with E-state index in [1.165, 1.54) is 6.07 Å². The molecule has 1 saturated heterocycles. The van der Waals surface area contributed by atoms with Crippen molar-refractivity contribution in [3.05, 3.63) is 28.7 Å². The summed E-state index contributed by atoms with van der Waals surface area (Å²) in [4.78, 5) is 13.9. The van der Waals surface area contributed by atoms with Crippen LogP contribution in [0.15, 0.2) is 23.1 Å². The number of hydrogen-bond donors (Lipinski definition) is 2. The second-order valence-corrected chi connectivity index (χ2v) is 4.99. The second kappa shape index (κ2) is 6.02.